The molecule has 5 nitrogen and oxygen atoms in total. The van der Waals surface area contributed by atoms with Gasteiger partial charge in [0.2, 0.25) is 0 Å². The zero-order valence-electron chi connectivity index (χ0n) is 12.0. The van der Waals surface area contributed by atoms with Gasteiger partial charge in [-0.05, 0) is 26.7 Å². The minimum absolute atomic E-state index is 0.0403. The Labute approximate surface area is 115 Å². The van der Waals surface area contributed by atoms with Crippen LogP contribution < -0.4 is 5.32 Å². The molecule has 19 heavy (non-hydrogen) atoms. The number of carbonyl (C=O) groups is 1. The van der Waals surface area contributed by atoms with Crippen LogP contribution in [0.2, 0.25) is 0 Å². The molecule has 0 aliphatic carbocycles. The third-order valence-corrected chi connectivity index (χ3v) is 3.12. The highest BCUT2D eigenvalue weighted by atomic mass is 16.5. The molecule has 1 heterocycles. The third kappa shape index (κ3) is 4.93. The fraction of sp³-hybridized carbons (Fsp3) is 0.714. The van der Waals surface area contributed by atoms with Crippen molar-refractivity contribution in [1.29, 1.82) is 0 Å². The Morgan fingerprint density at radius 1 is 1.47 bits per heavy atom. The molecule has 1 aliphatic rings. The van der Waals surface area contributed by atoms with Gasteiger partial charge in [-0.3, -0.25) is 4.79 Å². The lowest BCUT2D eigenvalue weighted by Gasteiger charge is -2.33. The second-order valence-corrected chi connectivity index (χ2v) is 4.50. The van der Waals surface area contributed by atoms with Crippen LogP contribution in [0.25, 0.3) is 0 Å². The number of carbonyl (C=O) groups excluding carboxylic acids is 1. The summed E-state index contributed by atoms with van der Waals surface area (Å²) in [6.07, 6.45) is 3.44. The summed E-state index contributed by atoms with van der Waals surface area (Å²) in [5.74, 6) is 0.887. The highest BCUT2D eigenvalue weighted by Crippen LogP contribution is 2.18. The first-order chi connectivity index (χ1) is 9.22. The normalized spacial score (nSPS) is 17.2. The highest BCUT2D eigenvalue weighted by molar-refractivity contribution is 5.80. The number of aliphatic imine (C=N–C) groups is 1. The Morgan fingerprint density at radius 2 is 2.16 bits per heavy atom. The number of rotatable bonds is 5. The molecule has 108 valence electrons. The Hall–Kier alpha value is -1.52. The van der Waals surface area contributed by atoms with Crippen LogP contribution in [0.1, 0.15) is 26.7 Å². The minimum Gasteiger partial charge on any atom is -0.466 e. The lowest BCUT2D eigenvalue weighted by molar-refractivity contribution is -0.149. The second kappa shape index (κ2) is 8.56. The van der Waals surface area contributed by atoms with E-state index in [1.54, 1.807) is 6.08 Å². The molecule has 0 radical (unpaired) electrons. The van der Waals surface area contributed by atoms with Crippen LogP contribution in [0.15, 0.2) is 17.6 Å². The first-order valence-electron chi connectivity index (χ1n) is 7.03. The molecule has 0 spiro atoms. The second-order valence-electron chi connectivity index (χ2n) is 4.50. The van der Waals surface area contributed by atoms with Gasteiger partial charge in [-0.2, -0.15) is 0 Å². The van der Waals surface area contributed by atoms with Crippen molar-refractivity contribution in [2.24, 2.45) is 10.9 Å². The van der Waals surface area contributed by atoms with Gasteiger partial charge < -0.3 is 15.0 Å². The van der Waals surface area contributed by atoms with E-state index in [1.165, 1.54) is 0 Å². The summed E-state index contributed by atoms with van der Waals surface area (Å²) in [5, 5.41) is 3.27. The first-order valence-corrected chi connectivity index (χ1v) is 7.03. The van der Waals surface area contributed by atoms with Gasteiger partial charge in [0.15, 0.2) is 5.96 Å². The van der Waals surface area contributed by atoms with Crippen molar-refractivity contribution < 1.29 is 9.53 Å². The molecular weight excluding hydrogens is 242 g/mol. The van der Waals surface area contributed by atoms with E-state index < -0.39 is 0 Å². The fourth-order valence-corrected chi connectivity index (χ4v) is 2.16. The molecule has 5 heteroatoms. The molecule has 1 N–H and O–H groups in total. The number of hydrogen-bond donors (Lipinski definition) is 1. The summed E-state index contributed by atoms with van der Waals surface area (Å²) in [5.41, 5.74) is 0. The van der Waals surface area contributed by atoms with Crippen molar-refractivity contribution in [3.05, 3.63) is 12.7 Å². The number of guanidine groups is 1. The van der Waals surface area contributed by atoms with Crippen molar-refractivity contribution in [3.63, 3.8) is 0 Å². The Kier molecular flexibility index (Phi) is 7.00. The molecule has 0 aromatic heterocycles. The van der Waals surface area contributed by atoms with Crippen LogP contribution in [0.4, 0.5) is 0 Å². The number of ether oxygens (including phenoxy) is 1. The summed E-state index contributed by atoms with van der Waals surface area (Å²) < 4.78 is 5.07. The molecule has 1 saturated heterocycles. The molecular formula is C14H25N3O2. The molecule has 0 amide bonds. The van der Waals surface area contributed by atoms with Crippen molar-refractivity contribution in [3.8, 4) is 0 Å². The van der Waals surface area contributed by atoms with E-state index in [-0.39, 0.29) is 11.9 Å². The van der Waals surface area contributed by atoms with E-state index in [9.17, 15) is 4.79 Å². The Morgan fingerprint density at radius 3 is 2.68 bits per heavy atom. The van der Waals surface area contributed by atoms with E-state index in [1.807, 2.05) is 6.92 Å². The summed E-state index contributed by atoms with van der Waals surface area (Å²) >= 11 is 0. The van der Waals surface area contributed by atoms with Crippen LogP contribution in [0, 0.1) is 5.92 Å². The lowest BCUT2D eigenvalue weighted by Crippen LogP contribution is -2.46. The summed E-state index contributed by atoms with van der Waals surface area (Å²) in [7, 11) is 0. The molecule has 0 bridgehead atoms. The highest BCUT2D eigenvalue weighted by Gasteiger charge is 2.27. The van der Waals surface area contributed by atoms with E-state index in [4.69, 9.17) is 4.74 Å². The van der Waals surface area contributed by atoms with Gasteiger partial charge in [-0.15, -0.1) is 6.58 Å². The largest absolute Gasteiger partial charge is 0.466 e. The molecule has 0 unspecified atom stereocenters. The van der Waals surface area contributed by atoms with Gasteiger partial charge in [-0.1, -0.05) is 6.08 Å². The number of likely N-dealkylation sites (tertiary alicyclic amines) is 1. The zero-order valence-corrected chi connectivity index (χ0v) is 12.0. The first kappa shape index (κ1) is 15.5. The van der Waals surface area contributed by atoms with Crippen LogP contribution in [-0.4, -0.2) is 49.6 Å². The van der Waals surface area contributed by atoms with Crippen molar-refractivity contribution in [2.75, 3.05) is 32.8 Å². The van der Waals surface area contributed by atoms with Crippen LogP contribution in [-0.2, 0) is 9.53 Å². The summed E-state index contributed by atoms with van der Waals surface area (Å²) in [4.78, 5) is 18.3. The average Bonchev–Trinajstić information content (AvgIpc) is 2.44. The molecule has 0 saturated carbocycles. The number of nitrogens with zero attached hydrogens (tertiary/aromatic N) is 2. The van der Waals surface area contributed by atoms with Gasteiger partial charge in [0, 0.05) is 19.6 Å². The molecule has 1 aliphatic heterocycles. The number of nitrogens with one attached hydrogen (secondary N) is 1. The minimum atomic E-state index is -0.0600. The van der Waals surface area contributed by atoms with Crippen LogP contribution >= 0.6 is 0 Å². The quantitative estimate of drug-likeness (QED) is 0.354. The SMILES string of the molecule is C=CCN=C(NCC)N1CCC(C(=O)OCC)CC1. The Balaban J connectivity index is 2.50. The van der Waals surface area contributed by atoms with Gasteiger partial charge in [-0.25, -0.2) is 4.99 Å². The maximum absolute atomic E-state index is 11.7. The molecule has 0 atom stereocenters. The lowest BCUT2D eigenvalue weighted by atomic mass is 9.97. The van der Waals surface area contributed by atoms with Crippen molar-refractivity contribution in [1.82, 2.24) is 10.2 Å². The predicted octanol–water partition coefficient (Wildman–Crippen LogP) is 1.41. The van der Waals surface area contributed by atoms with E-state index in [0.29, 0.717) is 13.2 Å². The van der Waals surface area contributed by atoms with Gasteiger partial charge in [0.05, 0.1) is 19.1 Å². The molecule has 1 rings (SSSR count). The number of hydrogen-bond acceptors (Lipinski definition) is 3. The smallest absolute Gasteiger partial charge is 0.309 e. The maximum Gasteiger partial charge on any atom is 0.309 e. The topological polar surface area (TPSA) is 53.9 Å². The zero-order chi connectivity index (χ0) is 14.1. The van der Waals surface area contributed by atoms with Crippen molar-refractivity contribution in [2.45, 2.75) is 26.7 Å². The van der Waals surface area contributed by atoms with Gasteiger partial charge in [0.1, 0.15) is 0 Å². The predicted molar refractivity (Wildman–Crippen MR) is 77.1 cm³/mol. The maximum atomic E-state index is 11.7. The third-order valence-electron chi connectivity index (χ3n) is 3.12. The Bertz CT molecular complexity index is 321. The van der Waals surface area contributed by atoms with Crippen LogP contribution in [0.5, 0.6) is 0 Å². The van der Waals surface area contributed by atoms with Crippen LogP contribution in [0.3, 0.4) is 0 Å². The fourth-order valence-electron chi connectivity index (χ4n) is 2.16. The van der Waals surface area contributed by atoms with E-state index in [0.717, 1.165) is 38.4 Å². The van der Waals surface area contributed by atoms with Gasteiger partial charge in [0.25, 0.3) is 0 Å². The number of piperidine rings is 1. The number of esters is 1. The molecule has 0 aromatic rings. The van der Waals surface area contributed by atoms with Crippen molar-refractivity contribution >= 4 is 11.9 Å². The van der Waals surface area contributed by atoms with E-state index >= 15 is 0 Å². The summed E-state index contributed by atoms with van der Waals surface area (Å²) in [6.45, 7) is 11.2. The van der Waals surface area contributed by atoms with E-state index in [2.05, 4.69) is 28.7 Å². The average molecular weight is 267 g/mol. The standard InChI is InChI=1S/C14H25N3O2/c1-4-9-16-14(15-5-2)17-10-7-12(8-11-17)13(18)19-6-3/h4,12H,1,5-11H2,2-3H3,(H,15,16). The monoisotopic (exact) mass is 267 g/mol. The molecule has 0 aromatic carbocycles. The van der Waals surface area contributed by atoms with Gasteiger partial charge >= 0.3 is 5.97 Å². The summed E-state index contributed by atoms with van der Waals surface area (Å²) in [6, 6.07) is 0. The molecule has 1 fully saturated rings.